The van der Waals surface area contributed by atoms with Gasteiger partial charge in [-0.3, -0.25) is 20.1 Å². The van der Waals surface area contributed by atoms with Gasteiger partial charge in [0.15, 0.2) is 0 Å². The smallest absolute Gasteiger partial charge is 0.235 e. The first-order chi connectivity index (χ1) is 9.08. The summed E-state index contributed by atoms with van der Waals surface area (Å²) < 4.78 is 0. The van der Waals surface area contributed by atoms with E-state index in [-0.39, 0.29) is 11.8 Å². The van der Waals surface area contributed by atoms with E-state index in [1.165, 1.54) is 11.3 Å². The fourth-order valence-electron chi connectivity index (χ4n) is 1.40. The predicted octanol–water partition coefficient (Wildman–Crippen LogP) is 2.19. The molecule has 0 aliphatic rings. The van der Waals surface area contributed by atoms with Crippen LogP contribution in [0.2, 0.25) is 0 Å². The average molecular weight is 277 g/mol. The molecule has 0 fully saturated rings. The number of carbonyl (C=O) groups excluding carboxylic acids is 1. The Balaban J connectivity index is 2.04. The molecule has 2 aromatic heterocycles. The van der Waals surface area contributed by atoms with Crippen molar-refractivity contribution >= 4 is 22.4 Å². The second-order valence-electron chi connectivity index (χ2n) is 4.44. The molecule has 7 heteroatoms. The van der Waals surface area contributed by atoms with E-state index in [0.717, 1.165) is 5.01 Å². The summed E-state index contributed by atoms with van der Waals surface area (Å²) in [4.78, 5) is 20.1. The van der Waals surface area contributed by atoms with Crippen LogP contribution in [-0.2, 0) is 4.79 Å². The van der Waals surface area contributed by atoms with Crippen LogP contribution in [0, 0.1) is 0 Å². The van der Waals surface area contributed by atoms with E-state index in [2.05, 4.69) is 25.5 Å². The van der Waals surface area contributed by atoms with Crippen molar-refractivity contribution in [2.24, 2.45) is 0 Å². The number of hydrogen-bond acceptors (Lipinski definition) is 6. The summed E-state index contributed by atoms with van der Waals surface area (Å²) in [5.41, 5.74) is 0.633. The molecule has 0 spiro atoms. The summed E-state index contributed by atoms with van der Waals surface area (Å²) >= 11 is 1.39. The molecule has 19 heavy (non-hydrogen) atoms. The van der Waals surface area contributed by atoms with Crippen molar-refractivity contribution in [1.29, 1.82) is 0 Å². The minimum Gasteiger partial charge on any atom is -0.300 e. The fraction of sp³-hybridized carbons (Fsp3) is 0.417. The zero-order chi connectivity index (χ0) is 13.8. The van der Waals surface area contributed by atoms with Crippen LogP contribution in [0.1, 0.15) is 43.3 Å². The van der Waals surface area contributed by atoms with Crippen molar-refractivity contribution in [1.82, 2.24) is 20.2 Å². The van der Waals surface area contributed by atoms with Crippen LogP contribution >= 0.6 is 11.3 Å². The molecule has 0 saturated carbocycles. The highest BCUT2D eigenvalue weighted by Crippen LogP contribution is 2.23. The van der Waals surface area contributed by atoms with E-state index >= 15 is 0 Å². The topological polar surface area (TPSA) is 80.7 Å². The molecular formula is C12H15N5OS. The lowest BCUT2D eigenvalue weighted by molar-refractivity contribution is -0.117. The Morgan fingerprint density at radius 2 is 2.05 bits per heavy atom. The number of carbonyl (C=O) groups is 1. The number of hydrogen-bond donors (Lipinski definition) is 1. The molecule has 100 valence electrons. The zero-order valence-electron chi connectivity index (χ0n) is 11.0. The first-order valence-corrected chi connectivity index (χ1v) is 6.79. The Kier molecular flexibility index (Phi) is 4.16. The van der Waals surface area contributed by atoms with Gasteiger partial charge in [0, 0.05) is 24.5 Å². The largest absolute Gasteiger partial charge is 0.300 e. The second-order valence-corrected chi connectivity index (χ2v) is 5.45. The van der Waals surface area contributed by atoms with Crippen molar-refractivity contribution in [3.63, 3.8) is 0 Å². The normalized spacial score (nSPS) is 12.4. The van der Waals surface area contributed by atoms with Gasteiger partial charge >= 0.3 is 0 Å². The summed E-state index contributed by atoms with van der Waals surface area (Å²) in [6, 6.07) is 0. The van der Waals surface area contributed by atoms with Crippen LogP contribution in [0.25, 0.3) is 0 Å². The summed E-state index contributed by atoms with van der Waals surface area (Å²) in [6.45, 7) is 5.85. The number of aromatic nitrogens is 4. The lowest BCUT2D eigenvalue weighted by atomic mass is 10.1. The van der Waals surface area contributed by atoms with Crippen molar-refractivity contribution in [2.75, 3.05) is 5.32 Å². The first-order valence-electron chi connectivity index (χ1n) is 5.98. The van der Waals surface area contributed by atoms with E-state index in [4.69, 9.17) is 0 Å². The monoisotopic (exact) mass is 277 g/mol. The molecule has 0 aliphatic carbocycles. The summed E-state index contributed by atoms with van der Waals surface area (Å²) in [7, 11) is 0. The Hall–Kier alpha value is -1.89. The van der Waals surface area contributed by atoms with E-state index in [1.807, 2.05) is 13.8 Å². The highest BCUT2D eigenvalue weighted by Gasteiger charge is 2.18. The first kappa shape index (κ1) is 13.5. The Bertz CT molecular complexity index is 554. The molecule has 1 amide bonds. The molecule has 1 N–H and O–H groups in total. The lowest BCUT2D eigenvalue weighted by Gasteiger charge is -2.08. The molecule has 1 unspecified atom stereocenters. The fourth-order valence-corrected chi connectivity index (χ4v) is 2.15. The summed E-state index contributed by atoms with van der Waals surface area (Å²) in [5.74, 6) is -0.229. The van der Waals surface area contributed by atoms with Crippen LogP contribution in [0.5, 0.6) is 0 Å². The number of rotatable bonds is 4. The molecule has 1 atom stereocenters. The molecular weight excluding hydrogens is 262 g/mol. The minimum atomic E-state index is -0.375. The Morgan fingerprint density at radius 1 is 1.26 bits per heavy atom. The van der Waals surface area contributed by atoms with Gasteiger partial charge < -0.3 is 0 Å². The van der Waals surface area contributed by atoms with Gasteiger partial charge in [0.25, 0.3) is 0 Å². The molecule has 0 aliphatic heterocycles. The molecule has 0 bridgehead atoms. The maximum atomic E-state index is 12.1. The zero-order valence-corrected chi connectivity index (χ0v) is 11.8. The minimum absolute atomic E-state index is 0.160. The van der Waals surface area contributed by atoms with E-state index in [1.54, 1.807) is 25.5 Å². The van der Waals surface area contributed by atoms with Gasteiger partial charge in [-0.2, -0.15) is 0 Å². The maximum absolute atomic E-state index is 12.1. The number of nitrogens with one attached hydrogen (secondary N) is 1. The summed E-state index contributed by atoms with van der Waals surface area (Å²) in [6.07, 6.45) is 4.73. The third-order valence-electron chi connectivity index (χ3n) is 2.58. The standard InChI is InChI=1S/C12H15N5OS/c1-7(2)11-16-17-12(19-11)15-10(18)8(3)9-6-13-4-5-14-9/h4-8H,1-3H3,(H,15,17,18). The second kappa shape index (κ2) is 5.83. The molecule has 0 aromatic carbocycles. The van der Waals surface area contributed by atoms with Gasteiger partial charge in [0.2, 0.25) is 11.0 Å². The average Bonchev–Trinajstić information content (AvgIpc) is 2.87. The van der Waals surface area contributed by atoms with Gasteiger partial charge in [-0.25, -0.2) is 0 Å². The van der Waals surface area contributed by atoms with Crippen molar-refractivity contribution < 1.29 is 4.79 Å². The van der Waals surface area contributed by atoms with Crippen LogP contribution in [0.3, 0.4) is 0 Å². The van der Waals surface area contributed by atoms with Crippen molar-refractivity contribution in [3.8, 4) is 0 Å². The molecule has 0 saturated heterocycles. The van der Waals surface area contributed by atoms with Crippen molar-refractivity contribution in [3.05, 3.63) is 29.3 Å². The quantitative estimate of drug-likeness (QED) is 0.926. The highest BCUT2D eigenvalue weighted by molar-refractivity contribution is 7.15. The Labute approximate surface area is 115 Å². The van der Waals surface area contributed by atoms with Gasteiger partial charge in [-0.05, 0) is 6.92 Å². The Morgan fingerprint density at radius 3 is 2.63 bits per heavy atom. The predicted molar refractivity (Wildman–Crippen MR) is 73.1 cm³/mol. The third-order valence-corrected chi connectivity index (χ3v) is 3.72. The molecule has 2 heterocycles. The van der Waals surface area contributed by atoms with E-state index in [0.29, 0.717) is 16.7 Å². The van der Waals surface area contributed by atoms with E-state index < -0.39 is 0 Å². The highest BCUT2D eigenvalue weighted by atomic mass is 32.1. The third kappa shape index (κ3) is 3.31. The number of nitrogens with zero attached hydrogens (tertiary/aromatic N) is 4. The number of anilines is 1. The van der Waals surface area contributed by atoms with Crippen molar-refractivity contribution in [2.45, 2.75) is 32.6 Å². The van der Waals surface area contributed by atoms with Crippen LogP contribution in [-0.4, -0.2) is 26.1 Å². The molecule has 2 rings (SSSR count). The van der Waals surface area contributed by atoms with Gasteiger partial charge in [-0.1, -0.05) is 25.2 Å². The summed E-state index contributed by atoms with van der Waals surface area (Å²) in [5, 5.41) is 12.2. The lowest BCUT2D eigenvalue weighted by Crippen LogP contribution is -2.19. The molecule has 2 aromatic rings. The number of amides is 1. The SMILES string of the molecule is CC(C)c1nnc(NC(=O)C(C)c2cnccn2)s1. The van der Waals surface area contributed by atoms with Crippen LogP contribution in [0.15, 0.2) is 18.6 Å². The van der Waals surface area contributed by atoms with Crippen LogP contribution < -0.4 is 5.32 Å². The van der Waals surface area contributed by atoms with Gasteiger partial charge in [0.05, 0.1) is 11.6 Å². The van der Waals surface area contributed by atoms with Crippen LogP contribution in [0.4, 0.5) is 5.13 Å². The molecule has 0 radical (unpaired) electrons. The van der Waals surface area contributed by atoms with Gasteiger partial charge in [-0.15, -0.1) is 10.2 Å². The molecule has 6 nitrogen and oxygen atoms in total. The van der Waals surface area contributed by atoms with Gasteiger partial charge in [0.1, 0.15) is 5.01 Å². The van der Waals surface area contributed by atoms with E-state index in [9.17, 15) is 4.79 Å². The maximum Gasteiger partial charge on any atom is 0.235 e.